The van der Waals surface area contributed by atoms with Crippen molar-refractivity contribution in [1.29, 1.82) is 0 Å². The number of carbonyl (C=O) groups is 5. The van der Waals surface area contributed by atoms with Crippen LogP contribution in [0.4, 0.5) is 0 Å². The summed E-state index contributed by atoms with van der Waals surface area (Å²) in [6, 6.07) is 20.7. The van der Waals surface area contributed by atoms with Gasteiger partial charge in [0.25, 0.3) is 0 Å². The lowest BCUT2D eigenvalue weighted by Crippen LogP contribution is -2.58. The molecular weight excluding hydrogens is 556 g/mol. The molecule has 44 heavy (non-hydrogen) atoms. The Morgan fingerprint density at radius 1 is 1.00 bits per heavy atom. The Hall–Kier alpha value is -4.53. The zero-order valence-electron chi connectivity index (χ0n) is 25.8. The zero-order valence-corrected chi connectivity index (χ0v) is 25.8. The third kappa shape index (κ3) is 7.51. The van der Waals surface area contributed by atoms with Gasteiger partial charge in [0.2, 0.25) is 23.6 Å². The molecular formula is C35H42N4O5. The number of nitrogens with one attached hydrogen (secondary N) is 3. The van der Waals surface area contributed by atoms with Crippen molar-refractivity contribution in [1.82, 2.24) is 20.9 Å². The first-order valence-electron chi connectivity index (χ1n) is 15.1. The van der Waals surface area contributed by atoms with Gasteiger partial charge >= 0.3 is 0 Å². The number of nitrogens with zero attached hydrogens (tertiary/aromatic N) is 1. The maximum absolute atomic E-state index is 13.6. The van der Waals surface area contributed by atoms with E-state index in [-0.39, 0.29) is 37.2 Å². The van der Waals surface area contributed by atoms with Crippen molar-refractivity contribution in [3.8, 4) is 0 Å². The van der Waals surface area contributed by atoms with Crippen LogP contribution in [0.15, 0.2) is 72.8 Å². The molecule has 3 aromatic carbocycles. The number of carbonyl (C=O) groups excluding carboxylic acids is 5. The summed E-state index contributed by atoms with van der Waals surface area (Å²) in [6.07, 6.45) is 1.62. The van der Waals surface area contributed by atoms with E-state index in [9.17, 15) is 24.0 Å². The van der Waals surface area contributed by atoms with Crippen LogP contribution in [0.5, 0.6) is 0 Å². The van der Waals surface area contributed by atoms with Crippen LogP contribution in [0.2, 0.25) is 0 Å². The molecule has 1 heterocycles. The molecule has 3 N–H and O–H groups in total. The van der Waals surface area contributed by atoms with Crippen molar-refractivity contribution < 1.29 is 24.0 Å². The Morgan fingerprint density at radius 3 is 2.34 bits per heavy atom. The maximum atomic E-state index is 13.6. The summed E-state index contributed by atoms with van der Waals surface area (Å²) < 4.78 is 0. The summed E-state index contributed by atoms with van der Waals surface area (Å²) in [4.78, 5) is 66.7. The molecule has 0 radical (unpaired) electrons. The first-order chi connectivity index (χ1) is 21.0. The minimum Gasteiger partial charge on any atom is -0.356 e. The van der Waals surface area contributed by atoms with E-state index in [0.29, 0.717) is 13.0 Å². The van der Waals surface area contributed by atoms with Gasteiger partial charge in [-0.15, -0.1) is 0 Å². The number of aldehydes is 1. The predicted octanol–water partition coefficient (Wildman–Crippen LogP) is 3.19. The summed E-state index contributed by atoms with van der Waals surface area (Å²) in [5.74, 6) is -1.82. The topological polar surface area (TPSA) is 125 Å². The van der Waals surface area contributed by atoms with E-state index in [1.807, 2.05) is 86.6 Å². The molecule has 3 atom stereocenters. The highest BCUT2D eigenvalue weighted by Crippen LogP contribution is 2.38. The lowest BCUT2D eigenvalue weighted by molar-refractivity contribution is -0.146. The fourth-order valence-corrected chi connectivity index (χ4v) is 6.18. The molecule has 0 spiro atoms. The van der Waals surface area contributed by atoms with E-state index >= 15 is 0 Å². The average Bonchev–Trinajstić information content (AvgIpc) is 3.45. The molecule has 3 aromatic rings. The largest absolute Gasteiger partial charge is 0.356 e. The smallest absolute Gasteiger partial charge is 0.243 e. The van der Waals surface area contributed by atoms with E-state index < -0.39 is 35.2 Å². The maximum Gasteiger partial charge on any atom is 0.243 e. The standard InChI is InChI=1S/C35H42N4O5/c1-23(2)39(30(22-40)35(3,4)28-17-18-36-33(28)43)32(42)21-37-34(44)29(38-31(41)19-24-11-6-5-7-12-24)20-26-15-10-14-25-13-8-9-16-27(25)26/h5-16,22-23,28-30H,17-21H2,1-4H3,(H,36,43)(H,37,44)(H,38,41). The Morgan fingerprint density at radius 2 is 1.68 bits per heavy atom. The molecule has 0 saturated carbocycles. The molecule has 1 aliphatic heterocycles. The van der Waals surface area contributed by atoms with Gasteiger partial charge in [-0.05, 0) is 42.2 Å². The van der Waals surface area contributed by atoms with Gasteiger partial charge in [-0.1, -0.05) is 86.6 Å². The molecule has 232 valence electrons. The van der Waals surface area contributed by atoms with Crippen molar-refractivity contribution >= 4 is 40.7 Å². The number of benzene rings is 3. The van der Waals surface area contributed by atoms with E-state index in [1.54, 1.807) is 13.8 Å². The van der Waals surface area contributed by atoms with Crippen molar-refractivity contribution in [2.75, 3.05) is 13.1 Å². The Labute approximate surface area is 258 Å². The molecule has 4 rings (SSSR count). The van der Waals surface area contributed by atoms with Gasteiger partial charge in [0.1, 0.15) is 12.3 Å². The second-order valence-corrected chi connectivity index (χ2v) is 12.3. The van der Waals surface area contributed by atoms with E-state index in [4.69, 9.17) is 0 Å². The number of fused-ring (bicyclic) bond motifs is 1. The van der Waals surface area contributed by atoms with E-state index in [0.717, 1.165) is 28.2 Å². The molecule has 9 nitrogen and oxygen atoms in total. The molecule has 0 bridgehead atoms. The fourth-order valence-electron chi connectivity index (χ4n) is 6.18. The normalized spacial score (nSPS) is 16.2. The van der Waals surface area contributed by atoms with Crippen molar-refractivity contribution in [3.63, 3.8) is 0 Å². The number of amides is 4. The second kappa shape index (κ2) is 14.3. The van der Waals surface area contributed by atoms with Crippen LogP contribution >= 0.6 is 0 Å². The average molecular weight is 599 g/mol. The van der Waals surface area contributed by atoms with Crippen LogP contribution in [0.25, 0.3) is 10.8 Å². The van der Waals surface area contributed by atoms with Gasteiger partial charge in [0.15, 0.2) is 0 Å². The third-order valence-corrected chi connectivity index (χ3v) is 8.56. The van der Waals surface area contributed by atoms with Crippen LogP contribution in [-0.4, -0.2) is 66.0 Å². The molecule has 1 aliphatic rings. The van der Waals surface area contributed by atoms with Gasteiger partial charge in [-0.3, -0.25) is 19.2 Å². The highest BCUT2D eigenvalue weighted by atomic mass is 16.2. The molecule has 0 aromatic heterocycles. The van der Waals surface area contributed by atoms with E-state index in [2.05, 4.69) is 16.0 Å². The number of hydrogen-bond acceptors (Lipinski definition) is 5. The second-order valence-electron chi connectivity index (χ2n) is 12.3. The number of hydrogen-bond donors (Lipinski definition) is 3. The summed E-state index contributed by atoms with van der Waals surface area (Å²) in [6.45, 7) is 7.41. The highest BCUT2D eigenvalue weighted by Gasteiger charge is 2.47. The molecule has 1 fully saturated rings. The van der Waals surface area contributed by atoms with Crippen LogP contribution in [0.1, 0.15) is 45.2 Å². The van der Waals surface area contributed by atoms with Crippen molar-refractivity contribution in [3.05, 3.63) is 83.9 Å². The molecule has 1 saturated heterocycles. The number of rotatable bonds is 13. The SMILES string of the molecule is CC(C)N(C(=O)CNC(=O)C(Cc1cccc2ccccc12)NC(=O)Cc1ccccc1)C(C=O)C(C)(C)C1CCNC1=O. The van der Waals surface area contributed by atoms with Gasteiger partial charge in [0, 0.05) is 30.3 Å². The molecule has 3 unspecified atom stereocenters. The Kier molecular flexibility index (Phi) is 10.5. The zero-order chi connectivity index (χ0) is 31.9. The lowest BCUT2D eigenvalue weighted by Gasteiger charge is -2.43. The van der Waals surface area contributed by atoms with Crippen molar-refractivity contribution in [2.24, 2.45) is 11.3 Å². The van der Waals surface area contributed by atoms with Gasteiger partial charge in [-0.2, -0.15) is 0 Å². The first kappa shape index (κ1) is 32.4. The molecule has 4 amide bonds. The first-order valence-corrected chi connectivity index (χ1v) is 15.1. The Balaban J connectivity index is 1.52. The van der Waals surface area contributed by atoms with Crippen LogP contribution in [0.3, 0.4) is 0 Å². The summed E-state index contributed by atoms with van der Waals surface area (Å²) in [5, 5.41) is 10.4. The molecule has 0 aliphatic carbocycles. The third-order valence-electron chi connectivity index (χ3n) is 8.56. The van der Waals surface area contributed by atoms with Gasteiger partial charge in [0.05, 0.1) is 19.0 Å². The van der Waals surface area contributed by atoms with Crippen LogP contribution in [-0.2, 0) is 36.8 Å². The minimum absolute atomic E-state index is 0.102. The molecule has 9 heteroatoms. The monoisotopic (exact) mass is 598 g/mol. The van der Waals surface area contributed by atoms with Crippen LogP contribution in [0, 0.1) is 11.3 Å². The summed E-state index contributed by atoms with van der Waals surface area (Å²) in [5.41, 5.74) is 0.876. The predicted molar refractivity (Wildman–Crippen MR) is 169 cm³/mol. The highest BCUT2D eigenvalue weighted by molar-refractivity contribution is 5.93. The summed E-state index contributed by atoms with van der Waals surface area (Å²) in [7, 11) is 0. The lowest BCUT2D eigenvalue weighted by atomic mass is 9.71. The van der Waals surface area contributed by atoms with Crippen LogP contribution < -0.4 is 16.0 Å². The minimum atomic E-state index is -0.946. The van der Waals surface area contributed by atoms with Gasteiger partial charge in [-0.25, -0.2) is 0 Å². The Bertz CT molecular complexity index is 1500. The fraction of sp³-hybridized carbons (Fsp3) is 0.400. The quantitative estimate of drug-likeness (QED) is 0.261. The van der Waals surface area contributed by atoms with E-state index in [1.165, 1.54) is 4.90 Å². The summed E-state index contributed by atoms with van der Waals surface area (Å²) >= 11 is 0. The van der Waals surface area contributed by atoms with Gasteiger partial charge < -0.3 is 25.6 Å². The van der Waals surface area contributed by atoms with Crippen molar-refractivity contribution in [2.45, 2.75) is 65.1 Å².